The van der Waals surface area contributed by atoms with Crippen molar-refractivity contribution in [1.82, 2.24) is 20.9 Å². The van der Waals surface area contributed by atoms with Crippen molar-refractivity contribution in [2.24, 2.45) is 16.7 Å². The highest BCUT2D eigenvalue weighted by atomic mass is 16.6. The van der Waals surface area contributed by atoms with Gasteiger partial charge in [0.2, 0.25) is 0 Å². The molecule has 3 aromatic carbocycles. The van der Waals surface area contributed by atoms with Crippen LogP contribution in [0.2, 0.25) is 0 Å². The summed E-state index contributed by atoms with van der Waals surface area (Å²) in [5.41, 5.74) is -7.41. The Bertz CT molecular complexity index is 2610. The third-order valence-corrected chi connectivity index (χ3v) is 15.6. The van der Waals surface area contributed by atoms with Gasteiger partial charge in [0.1, 0.15) is 30.0 Å². The zero-order valence-electron chi connectivity index (χ0n) is 41.8. The number of aliphatic hydroxyl groups is 2. The van der Waals surface area contributed by atoms with Gasteiger partial charge in [-0.2, -0.15) is 0 Å². The van der Waals surface area contributed by atoms with E-state index < -0.39 is 119 Å². The summed E-state index contributed by atoms with van der Waals surface area (Å²) in [4.78, 5) is 102. The molecule has 4 fully saturated rings. The summed E-state index contributed by atoms with van der Waals surface area (Å²) in [5.74, 6) is -7.03. The van der Waals surface area contributed by atoms with Crippen LogP contribution < -0.4 is 16.0 Å². The maximum Gasteiger partial charge on any atom is 0.407 e. The Kier molecular flexibility index (Phi) is 15.3. The maximum atomic E-state index is 16.2. The van der Waals surface area contributed by atoms with E-state index in [2.05, 4.69) is 20.9 Å². The van der Waals surface area contributed by atoms with Crippen molar-refractivity contribution >= 4 is 41.7 Å². The fourth-order valence-corrected chi connectivity index (χ4v) is 11.8. The highest BCUT2D eigenvalue weighted by Gasteiger charge is 2.79. The van der Waals surface area contributed by atoms with E-state index >= 15 is 4.79 Å². The van der Waals surface area contributed by atoms with E-state index in [0.717, 1.165) is 40.0 Å². The number of hydrogen-bond donors (Lipinski definition) is 5. The van der Waals surface area contributed by atoms with Crippen LogP contribution in [0, 0.1) is 16.7 Å². The minimum absolute atomic E-state index is 0.0288. The number of esters is 4. The Morgan fingerprint density at radius 3 is 2.04 bits per heavy atom. The lowest BCUT2D eigenvalue weighted by molar-refractivity contribution is -0.345. The highest BCUT2D eigenvalue weighted by Crippen LogP contribution is 2.65. The molecule has 5 N–H and O–H groups in total. The number of aliphatic hydroxyl groups excluding tert-OH is 1. The first-order chi connectivity index (χ1) is 34.7. The Hall–Kier alpha value is -6.51. The second kappa shape index (κ2) is 21.1. The molecule has 390 valence electrons. The number of ether oxygens (including phenoxy) is 6. The average Bonchev–Trinajstić information content (AvgIpc) is 3.36. The Morgan fingerprint density at radius 2 is 1.45 bits per heavy atom. The molecular formula is C54H64N4O15. The summed E-state index contributed by atoms with van der Waals surface area (Å²) in [6.45, 7) is 11.8. The number of hydrogen-bond acceptors (Lipinski definition) is 17. The largest absolute Gasteiger partial charge is 0.456 e. The summed E-state index contributed by atoms with van der Waals surface area (Å²) >= 11 is 0. The van der Waals surface area contributed by atoms with Crippen molar-refractivity contribution in [3.63, 3.8) is 0 Å². The molecule has 2 bridgehead atoms. The van der Waals surface area contributed by atoms with E-state index in [9.17, 15) is 39.0 Å². The number of rotatable bonds is 14. The van der Waals surface area contributed by atoms with Crippen molar-refractivity contribution < 1.29 is 72.2 Å². The minimum Gasteiger partial charge on any atom is -0.456 e. The van der Waals surface area contributed by atoms with Crippen LogP contribution in [-0.2, 0) is 47.6 Å². The van der Waals surface area contributed by atoms with Crippen molar-refractivity contribution in [2.75, 3.05) is 45.9 Å². The molecule has 2 aliphatic heterocycles. The van der Waals surface area contributed by atoms with E-state index in [1.807, 2.05) is 0 Å². The SMILES string of the molecule is CC(=O)O[C@H]1C(=O)[C@]2(C)[C@@H](OC(=O)NCCN3CCNCC3)C[C@H]3OC[C@@]3(OC(C)=O)[C@H]2[C@H](OC(=O)c2ccccc2)[C@]2(O)C[C@H](OC(=O)[C@H](O)[C@@H](NC(=O)c3ccccc3)c3ccccc3)C(C)=C1C2(C)C. The number of nitrogens with zero attached hydrogens (tertiary/aromatic N) is 1. The lowest BCUT2D eigenvalue weighted by Gasteiger charge is -2.67. The molecule has 2 saturated heterocycles. The van der Waals surface area contributed by atoms with Crippen LogP contribution in [0.4, 0.5) is 4.79 Å². The average molecular weight is 1010 g/mol. The van der Waals surface area contributed by atoms with Gasteiger partial charge in [-0.3, -0.25) is 24.1 Å². The molecular weight excluding hydrogens is 945 g/mol. The molecule has 8 rings (SSSR count). The molecule has 2 heterocycles. The first-order valence-electron chi connectivity index (χ1n) is 24.6. The number of alkyl carbamates (subject to hydrolysis) is 1. The number of fused-ring (bicyclic) bond motifs is 5. The van der Waals surface area contributed by atoms with Gasteiger partial charge < -0.3 is 54.6 Å². The van der Waals surface area contributed by atoms with E-state index in [1.165, 1.54) is 26.0 Å². The molecule has 3 aliphatic carbocycles. The molecule has 0 unspecified atom stereocenters. The van der Waals surface area contributed by atoms with Gasteiger partial charge in [-0.25, -0.2) is 14.4 Å². The first-order valence-corrected chi connectivity index (χ1v) is 24.6. The Morgan fingerprint density at radius 1 is 0.836 bits per heavy atom. The summed E-state index contributed by atoms with van der Waals surface area (Å²) in [7, 11) is 0. The summed E-state index contributed by atoms with van der Waals surface area (Å²) < 4.78 is 37.4. The molecule has 0 radical (unpaired) electrons. The Labute approximate surface area is 423 Å². The third-order valence-electron chi connectivity index (χ3n) is 15.6. The molecule has 2 saturated carbocycles. The van der Waals surface area contributed by atoms with Crippen LogP contribution in [-0.4, -0.2) is 150 Å². The Balaban J connectivity index is 1.26. The quantitative estimate of drug-likeness (QED) is 0.0882. The minimum atomic E-state index is -2.46. The fraction of sp³-hybridized carbons (Fsp3) is 0.500. The molecule has 3 aromatic rings. The normalized spacial score (nSPS) is 30.2. The van der Waals surface area contributed by atoms with Crippen LogP contribution in [0.15, 0.2) is 102 Å². The summed E-state index contributed by atoms with van der Waals surface area (Å²) in [5, 5.41) is 34.8. The monoisotopic (exact) mass is 1010 g/mol. The van der Waals surface area contributed by atoms with Crippen molar-refractivity contribution in [2.45, 2.75) is 108 Å². The number of carbonyl (C=O) groups excluding carboxylic acids is 7. The molecule has 0 spiro atoms. The van der Waals surface area contributed by atoms with Crippen molar-refractivity contribution in [3.8, 4) is 0 Å². The standard InChI is InChI=1S/C54H64N4O15/c1-31-37(70-49(65)42(61)41(34-16-10-7-11-17-34)57-47(63)35-18-12-8-13-19-35)29-54(67)46(72-48(64)36-20-14-9-15-21-36)44-52(6,45(62)43(69-32(2)59)40(31)51(54,4)5)38(28-39-53(44,30-68-39)73-33(3)60)71-50(66)56-24-27-58-25-22-55-23-26-58/h7-21,37-39,41-44,46,55,61,67H,22-30H2,1-6H3,(H,56,66)(H,57,63)/t37-,38-,39+,41-,42+,43+,44-,46-,52+,53-,54+/m0/s1. The zero-order chi connectivity index (χ0) is 52.5. The number of amides is 2. The zero-order valence-corrected chi connectivity index (χ0v) is 41.8. The van der Waals surface area contributed by atoms with E-state index in [1.54, 1.807) is 92.7 Å². The number of carbonyl (C=O) groups is 7. The number of piperazine rings is 1. The molecule has 19 nitrogen and oxygen atoms in total. The van der Waals surface area contributed by atoms with Gasteiger partial charge in [0.25, 0.3) is 5.91 Å². The summed E-state index contributed by atoms with van der Waals surface area (Å²) in [6.07, 6.45) is -11.6. The molecule has 2 amide bonds. The van der Waals surface area contributed by atoms with Crippen molar-refractivity contribution in [3.05, 3.63) is 119 Å². The van der Waals surface area contributed by atoms with Crippen LogP contribution in [0.25, 0.3) is 0 Å². The third kappa shape index (κ3) is 10.00. The number of Topliss-reactive ketones (excluding diaryl/α,β-unsaturated/α-hetero) is 1. The van der Waals surface area contributed by atoms with Crippen LogP contribution in [0.3, 0.4) is 0 Å². The second-order valence-corrected chi connectivity index (χ2v) is 20.3. The lowest BCUT2D eigenvalue weighted by atomic mass is 9.44. The van der Waals surface area contributed by atoms with Crippen LogP contribution in [0.5, 0.6) is 0 Å². The van der Waals surface area contributed by atoms with Gasteiger partial charge >= 0.3 is 30.0 Å². The second-order valence-electron chi connectivity index (χ2n) is 20.3. The predicted molar refractivity (Wildman–Crippen MR) is 259 cm³/mol. The van der Waals surface area contributed by atoms with Gasteiger partial charge in [0, 0.05) is 76.9 Å². The number of benzene rings is 3. The van der Waals surface area contributed by atoms with Gasteiger partial charge in [-0.05, 0) is 54.8 Å². The first kappa shape index (κ1) is 52.8. The molecule has 5 aliphatic rings. The molecule has 73 heavy (non-hydrogen) atoms. The lowest BCUT2D eigenvalue weighted by Crippen LogP contribution is -2.82. The summed E-state index contributed by atoms with van der Waals surface area (Å²) in [6, 6.07) is 22.9. The number of nitrogens with one attached hydrogen (secondary N) is 3. The van der Waals surface area contributed by atoms with E-state index in [-0.39, 0.29) is 41.8 Å². The molecule has 19 heteroatoms. The topological polar surface area (TPSA) is 255 Å². The van der Waals surface area contributed by atoms with Gasteiger partial charge in [0.05, 0.1) is 29.5 Å². The molecule has 0 aromatic heterocycles. The molecule has 11 atom stereocenters. The smallest absolute Gasteiger partial charge is 0.407 e. The van der Waals surface area contributed by atoms with Gasteiger partial charge in [-0.15, -0.1) is 0 Å². The van der Waals surface area contributed by atoms with E-state index in [4.69, 9.17) is 28.4 Å². The van der Waals surface area contributed by atoms with Crippen molar-refractivity contribution in [1.29, 1.82) is 0 Å². The van der Waals surface area contributed by atoms with Gasteiger partial charge in [0.15, 0.2) is 23.6 Å². The van der Waals surface area contributed by atoms with E-state index in [0.29, 0.717) is 12.1 Å². The predicted octanol–water partition coefficient (Wildman–Crippen LogP) is 3.37. The van der Waals surface area contributed by atoms with Crippen LogP contribution >= 0.6 is 0 Å². The maximum absolute atomic E-state index is 16.2. The number of ketones is 1. The van der Waals surface area contributed by atoms with Gasteiger partial charge in [-0.1, -0.05) is 80.6 Å². The highest BCUT2D eigenvalue weighted by molar-refractivity contribution is 5.96. The van der Waals surface area contributed by atoms with Crippen LogP contribution in [0.1, 0.15) is 86.7 Å². The fourth-order valence-electron chi connectivity index (χ4n) is 11.8.